The van der Waals surface area contributed by atoms with E-state index in [4.69, 9.17) is 4.74 Å². The molecule has 0 aliphatic rings. The highest BCUT2D eigenvalue weighted by Gasteiger charge is 2.09. The Bertz CT molecular complexity index is 636. The molecule has 1 aromatic heterocycles. The molecule has 6 nitrogen and oxygen atoms in total. The molecule has 0 aliphatic heterocycles. The third-order valence-corrected chi connectivity index (χ3v) is 3.89. The standard InChI is InChI=1S/C19H29N5O/c1-5-25-18-9-7-17(8-10-18)15-23(4)19(20-3)21-13-16(2)14-24-12-6-11-22-24/h6-12,16H,5,13-15H2,1-4H3,(H,20,21). The molecule has 1 N–H and O–H groups in total. The summed E-state index contributed by atoms with van der Waals surface area (Å²) in [6.45, 7) is 7.41. The summed E-state index contributed by atoms with van der Waals surface area (Å²) in [5, 5.41) is 7.70. The molecule has 0 bridgehead atoms. The first-order chi connectivity index (χ1) is 12.1. The van der Waals surface area contributed by atoms with Crippen LogP contribution in [0.2, 0.25) is 0 Å². The van der Waals surface area contributed by atoms with Crippen LogP contribution in [-0.4, -0.2) is 47.9 Å². The van der Waals surface area contributed by atoms with Crippen molar-refractivity contribution in [1.82, 2.24) is 20.0 Å². The minimum Gasteiger partial charge on any atom is -0.494 e. The smallest absolute Gasteiger partial charge is 0.193 e. The highest BCUT2D eigenvalue weighted by molar-refractivity contribution is 5.79. The molecule has 0 saturated heterocycles. The largest absolute Gasteiger partial charge is 0.494 e. The van der Waals surface area contributed by atoms with Gasteiger partial charge in [0.25, 0.3) is 0 Å². The van der Waals surface area contributed by atoms with Crippen LogP contribution < -0.4 is 10.1 Å². The summed E-state index contributed by atoms with van der Waals surface area (Å²) >= 11 is 0. The highest BCUT2D eigenvalue weighted by Crippen LogP contribution is 2.13. The summed E-state index contributed by atoms with van der Waals surface area (Å²) in [6.07, 6.45) is 3.80. The zero-order valence-electron chi connectivity index (χ0n) is 15.6. The zero-order chi connectivity index (χ0) is 18.1. The third-order valence-electron chi connectivity index (χ3n) is 3.89. The fourth-order valence-corrected chi connectivity index (χ4v) is 2.65. The number of nitrogens with one attached hydrogen (secondary N) is 1. The van der Waals surface area contributed by atoms with Gasteiger partial charge in [-0.2, -0.15) is 5.10 Å². The Morgan fingerprint density at radius 1 is 1.36 bits per heavy atom. The number of aliphatic imine (C=N–C) groups is 1. The van der Waals surface area contributed by atoms with E-state index in [1.165, 1.54) is 5.56 Å². The molecule has 1 unspecified atom stereocenters. The monoisotopic (exact) mass is 343 g/mol. The van der Waals surface area contributed by atoms with E-state index < -0.39 is 0 Å². The van der Waals surface area contributed by atoms with E-state index in [1.54, 1.807) is 0 Å². The van der Waals surface area contributed by atoms with Crippen molar-refractivity contribution < 1.29 is 4.74 Å². The van der Waals surface area contributed by atoms with E-state index in [0.29, 0.717) is 12.5 Å². The summed E-state index contributed by atoms with van der Waals surface area (Å²) in [6, 6.07) is 10.2. The van der Waals surface area contributed by atoms with Gasteiger partial charge in [0.15, 0.2) is 5.96 Å². The molecule has 0 amide bonds. The van der Waals surface area contributed by atoms with Gasteiger partial charge in [0.05, 0.1) is 6.61 Å². The van der Waals surface area contributed by atoms with Crippen molar-refractivity contribution in [1.29, 1.82) is 0 Å². The predicted molar refractivity (Wildman–Crippen MR) is 102 cm³/mol. The van der Waals surface area contributed by atoms with E-state index >= 15 is 0 Å². The topological polar surface area (TPSA) is 54.7 Å². The van der Waals surface area contributed by atoms with Gasteiger partial charge in [-0.25, -0.2) is 0 Å². The number of hydrogen-bond acceptors (Lipinski definition) is 3. The molecule has 2 rings (SSSR count). The van der Waals surface area contributed by atoms with Crippen molar-refractivity contribution in [3.8, 4) is 5.75 Å². The maximum Gasteiger partial charge on any atom is 0.193 e. The predicted octanol–water partition coefficient (Wildman–Crippen LogP) is 2.63. The molecule has 0 fully saturated rings. The van der Waals surface area contributed by atoms with Gasteiger partial charge in [0.2, 0.25) is 0 Å². The van der Waals surface area contributed by atoms with E-state index in [-0.39, 0.29) is 0 Å². The molecule has 25 heavy (non-hydrogen) atoms. The third kappa shape index (κ3) is 6.14. The fourth-order valence-electron chi connectivity index (χ4n) is 2.65. The van der Waals surface area contributed by atoms with E-state index in [0.717, 1.165) is 31.3 Å². The molecule has 0 aliphatic carbocycles. The Hall–Kier alpha value is -2.50. The zero-order valence-corrected chi connectivity index (χ0v) is 15.6. The first-order valence-corrected chi connectivity index (χ1v) is 8.73. The van der Waals surface area contributed by atoms with Gasteiger partial charge in [-0.3, -0.25) is 9.67 Å². The van der Waals surface area contributed by atoms with Crippen LogP contribution in [0.25, 0.3) is 0 Å². The number of nitrogens with zero attached hydrogens (tertiary/aromatic N) is 4. The van der Waals surface area contributed by atoms with Gasteiger partial charge in [-0.1, -0.05) is 19.1 Å². The lowest BCUT2D eigenvalue weighted by Gasteiger charge is -2.24. The molecule has 0 radical (unpaired) electrons. The SMILES string of the molecule is CCOc1ccc(CN(C)C(=NC)NCC(C)Cn2cccn2)cc1. The molecule has 1 heterocycles. The van der Waals surface area contributed by atoms with E-state index in [2.05, 4.69) is 39.4 Å². The van der Waals surface area contributed by atoms with Crippen molar-refractivity contribution in [3.05, 3.63) is 48.3 Å². The lowest BCUT2D eigenvalue weighted by molar-refractivity contribution is 0.340. The van der Waals surface area contributed by atoms with Crippen LogP contribution >= 0.6 is 0 Å². The number of benzene rings is 1. The molecular formula is C19H29N5O. The van der Waals surface area contributed by atoms with Crippen molar-refractivity contribution >= 4 is 5.96 Å². The Morgan fingerprint density at radius 3 is 2.72 bits per heavy atom. The average molecular weight is 343 g/mol. The van der Waals surface area contributed by atoms with Crippen molar-refractivity contribution in [2.45, 2.75) is 26.9 Å². The van der Waals surface area contributed by atoms with Gasteiger partial charge in [0.1, 0.15) is 5.75 Å². The lowest BCUT2D eigenvalue weighted by Crippen LogP contribution is -2.40. The van der Waals surface area contributed by atoms with Crippen LogP contribution in [0.3, 0.4) is 0 Å². The maximum atomic E-state index is 5.49. The van der Waals surface area contributed by atoms with Gasteiger partial charge < -0.3 is 15.0 Å². The van der Waals surface area contributed by atoms with Crippen LogP contribution in [0.1, 0.15) is 19.4 Å². The summed E-state index contributed by atoms with van der Waals surface area (Å²) in [4.78, 5) is 6.51. The van der Waals surface area contributed by atoms with Gasteiger partial charge >= 0.3 is 0 Å². The van der Waals surface area contributed by atoms with Gasteiger partial charge in [-0.15, -0.1) is 0 Å². The molecule has 2 aromatic rings. The summed E-state index contributed by atoms with van der Waals surface area (Å²) in [5.41, 5.74) is 1.22. The van der Waals surface area contributed by atoms with Crippen LogP contribution in [0, 0.1) is 5.92 Å². The second-order valence-electron chi connectivity index (χ2n) is 6.19. The minimum atomic E-state index is 0.454. The molecule has 1 atom stereocenters. The van der Waals surface area contributed by atoms with Crippen LogP contribution in [-0.2, 0) is 13.1 Å². The second-order valence-corrected chi connectivity index (χ2v) is 6.19. The second kappa shape index (κ2) is 9.71. The maximum absolute atomic E-state index is 5.49. The van der Waals surface area contributed by atoms with Crippen molar-refractivity contribution in [3.63, 3.8) is 0 Å². The summed E-state index contributed by atoms with van der Waals surface area (Å²) in [7, 11) is 3.86. The van der Waals surface area contributed by atoms with E-state index in [1.807, 2.05) is 56.3 Å². The fraction of sp³-hybridized carbons (Fsp3) is 0.474. The molecular weight excluding hydrogens is 314 g/mol. The lowest BCUT2D eigenvalue weighted by atomic mass is 10.2. The number of aromatic nitrogens is 2. The van der Waals surface area contributed by atoms with Crippen LogP contribution in [0.15, 0.2) is 47.7 Å². The van der Waals surface area contributed by atoms with Crippen molar-refractivity contribution in [2.75, 3.05) is 27.2 Å². The Labute approximate surface area is 150 Å². The van der Waals surface area contributed by atoms with E-state index in [9.17, 15) is 0 Å². The number of guanidine groups is 1. The molecule has 0 saturated carbocycles. The summed E-state index contributed by atoms with van der Waals surface area (Å²) in [5.74, 6) is 2.25. The molecule has 6 heteroatoms. The minimum absolute atomic E-state index is 0.454. The normalized spacial score (nSPS) is 12.7. The Kier molecular flexibility index (Phi) is 7.32. The first kappa shape index (κ1) is 18.8. The van der Waals surface area contributed by atoms with Crippen molar-refractivity contribution in [2.24, 2.45) is 10.9 Å². The first-order valence-electron chi connectivity index (χ1n) is 8.73. The number of rotatable bonds is 8. The molecule has 136 valence electrons. The quantitative estimate of drug-likeness (QED) is 0.591. The summed E-state index contributed by atoms with van der Waals surface area (Å²) < 4.78 is 7.44. The van der Waals surface area contributed by atoms with Crippen LogP contribution in [0.4, 0.5) is 0 Å². The molecule has 1 aromatic carbocycles. The van der Waals surface area contributed by atoms with Gasteiger partial charge in [0, 0.05) is 46.1 Å². The highest BCUT2D eigenvalue weighted by atomic mass is 16.5. The average Bonchev–Trinajstić information content (AvgIpc) is 3.10. The van der Waals surface area contributed by atoms with Crippen LogP contribution in [0.5, 0.6) is 5.75 Å². The Balaban J connectivity index is 1.82. The number of ether oxygens (including phenoxy) is 1. The Morgan fingerprint density at radius 2 is 2.12 bits per heavy atom. The molecule has 0 spiro atoms. The number of hydrogen-bond donors (Lipinski definition) is 1. The van der Waals surface area contributed by atoms with Gasteiger partial charge in [-0.05, 0) is 36.6 Å².